The number of rotatable bonds is 5. The molecule has 2 fully saturated rings. The third-order valence-electron chi connectivity index (χ3n) is 8.97. The Bertz CT molecular complexity index is 1300. The van der Waals surface area contributed by atoms with E-state index in [2.05, 4.69) is 128 Å². The lowest BCUT2D eigenvalue weighted by Crippen LogP contribution is -2.26. The molecule has 0 saturated heterocycles. The van der Waals surface area contributed by atoms with Crippen LogP contribution >= 0.6 is 0 Å². The van der Waals surface area contributed by atoms with Crippen molar-refractivity contribution in [3.8, 4) is 11.5 Å². The monoisotopic (exact) mass is 604 g/mol. The van der Waals surface area contributed by atoms with Crippen LogP contribution in [0, 0.1) is 25.2 Å². The third kappa shape index (κ3) is 8.55. The van der Waals surface area contributed by atoms with E-state index >= 15 is 0 Å². The molecule has 0 radical (unpaired) electrons. The number of hydrogen-bond acceptors (Lipinski definition) is 4. The molecule has 44 heavy (non-hydrogen) atoms. The van der Waals surface area contributed by atoms with Crippen molar-refractivity contribution in [3.63, 3.8) is 0 Å². The van der Waals surface area contributed by atoms with Gasteiger partial charge < -0.3 is 9.47 Å². The summed E-state index contributed by atoms with van der Waals surface area (Å²) in [6, 6.07) is 8.66. The SMILES string of the molecule is CCC1(C(=O)Oc2c(C(C)(C)C)cc(C)cc2C(C)(C)C)CC1.Cc1cc(C(C)(C)C)c(OC(=O)C2CC2)c(C(C)(C)C)c1. The number of hydrogen-bond donors (Lipinski definition) is 0. The number of benzene rings is 2. The van der Waals surface area contributed by atoms with Crippen LogP contribution < -0.4 is 9.47 Å². The van der Waals surface area contributed by atoms with Crippen LogP contribution in [0.5, 0.6) is 11.5 Å². The molecule has 2 aliphatic carbocycles. The maximum absolute atomic E-state index is 12.7. The highest BCUT2D eigenvalue weighted by Gasteiger charge is 2.50. The van der Waals surface area contributed by atoms with Gasteiger partial charge in [-0.2, -0.15) is 0 Å². The van der Waals surface area contributed by atoms with E-state index in [4.69, 9.17) is 9.47 Å². The minimum absolute atomic E-state index is 0.0418. The van der Waals surface area contributed by atoms with Gasteiger partial charge in [0.2, 0.25) is 0 Å². The highest BCUT2D eigenvalue weighted by atomic mass is 16.5. The largest absolute Gasteiger partial charge is 0.426 e. The summed E-state index contributed by atoms with van der Waals surface area (Å²) in [4.78, 5) is 24.9. The van der Waals surface area contributed by atoms with E-state index in [1.807, 2.05) is 0 Å². The second kappa shape index (κ2) is 12.3. The number of aryl methyl sites for hydroxylation is 2. The smallest absolute Gasteiger partial charge is 0.317 e. The van der Waals surface area contributed by atoms with Crippen molar-refractivity contribution in [2.75, 3.05) is 0 Å². The summed E-state index contributed by atoms with van der Waals surface area (Å²) in [6.45, 7) is 32.4. The average molecular weight is 605 g/mol. The van der Waals surface area contributed by atoms with Crippen LogP contribution in [0.1, 0.15) is 155 Å². The van der Waals surface area contributed by atoms with Crippen LogP contribution in [-0.4, -0.2) is 11.9 Å². The summed E-state index contributed by atoms with van der Waals surface area (Å²) in [5, 5.41) is 0. The first-order valence-electron chi connectivity index (χ1n) is 16.7. The molecule has 244 valence electrons. The lowest BCUT2D eigenvalue weighted by atomic mass is 9.78. The molecule has 0 N–H and O–H groups in total. The number of ether oxygens (including phenoxy) is 2. The van der Waals surface area contributed by atoms with Gasteiger partial charge in [-0.15, -0.1) is 0 Å². The van der Waals surface area contributed by atoms with Crippen LogP contribution in [0.25, 0.3) is 0 Å². The van der Waals surface area contributed by atoms with Gasteiger partial charge in [0, 0.05) is 22.3 Å². The van der Waals surface area contributed by atoms with Gasteiger partial charge in [-0.05, 0) is 67.6 Å². The van der Waals surface area contributed by atoms with E-state index in [0.717, 1.165) is 65.9 Å². The van der Waals surface area contributed by atoms with E-state index in [0.29, 0.717) is 0 Å². The highest BCUT2D eigenvalue weighted by Crippen LogP contribution is 2.51. The highest BCUT2D eigenvalue weighted by molar-refractivity contribution is 5.83. The van der Waals surface area contributed by atoms with Crippen LogP contribution in [0.15, 0.2) is 24.3 Å². The van der Waals surface area contributed by atoms with Crippen LogP contribution in [0.3, 0.4) is 0 Å². The molecule has 4 heteroatoms. The maximum Gasteiger partial charge on any atom is 0.317 e. The Morgan fingerprint density at radius 3 is 1.20 bits per heavy atom. The van der Waals surface area contributed by atoms with Gasteiger partial charge in [-0.25, -0.2) is 0 Å². The molecule has 0 atom stereocenters. The molecule has 0 bridgehead atoms. The van der Waals surface area contributed by atoms with E-state index in [9.17, 15) is 9.59 Å². The van der Waals surface area contributed by atoms with Gasteiger partial charge in [0.15, 0.2) is 0 Å². The summed E-state index contributed by atoms with van der Waals surface area (Å²) in [7, 11) is 0. The first-order valence-corrected chi connectivity index (χ1v) is 16.7. The van der Waals surface area contributed by atoms with Crippen molar-refractivity contribution in [2.24, 2.45) is 11.3 Å². The molecule has 4 nitrogen and oxygen atoms in total. The van der Waals surface area contributed by atoms with Crippen molar-refractivity contribution in [1.29, 1.82) is 0 Å². The Kier molecular flexibility index (Phi) is 10.0. The normalized spacial score (nSPS) is 16.5. The number of carbonyl (C=O) groups excluding carboxylic acids is 2. The molecule has 4 rings (SSSR count). The summed E-state index contributed by atoms with van der Waals surface area (Å²) in [5.74, 6) is 1.60. The molecule has 2 saturated carbocycles. The number of esters is 2. The first-order chi connectivity index (χ1) is 19.9. The van der Waals surface area contributed by atoms with E-state index < -0.39 is 0 Å². The molecule has 0 unspecified atom stereocenters. The fraction of sp³-hybridized carbons (Fsp3) is 0.650. The molecule has 0 aromatic heterocycles. The standard InChI is InChI=1S/C21H32O2.C19H28O2/c1-9-21(10-11-21)18(22)23-17-15(19(3,4)5)12-14(2)13-16(17)20(6,7)8;1-12-10-14(18(2,3)4)16(15(11-12)19(5,6)7)21-17(20)13-8-9-13/h12-13H,9-11H2,1-8H3;10-11,13H,8-9H2,1-7H3. The first kappa shape index (κ1) is 35.9. The Balaban J connectivity index is 0.000000241. The molecular formula is C40H60O4. The third-order valence-corrected chi connectivity index (χ3v) is 8.97. The molecular weight excluding hydrogens is 544 g/mol. The zero-order valence-corrected chi connectivity index (χ0v) is 30.6. The second-order valence-corrected chi connectivity index (χ2v) is 17.6. The van der Waals surface area contributed by atoms with Crippen LogP contribution in [0.4, 0.5) is 0 Å². The van der Waals surface area contributed by atoms with Gasteiger partial charge in [0.05, 0.1) is 11.3 Å². The lowest BCUT2D eigenvalue weighted by Gasteiger charge is -2.30. The van der Waals surface area contributed by atoms with Crippen LogP contribution in [-0.2, 0) is 31.2 Å². The van der Waals surface area contributed by atoms with Gasteiger partial charge in [-0.3, -0.25) is 9.59 Å². The summed E-state index contributed by atoms with van der Waals surface area (Å²) in [5.41, 5.74) is 6.49. The summed E-state index contributed by atoms with van der Waals surface area (Å²) in [6.07, 6.45) is 4.74. The minimum atomic E-state index is -0.227. The van der Waals surface area contributed by atoms with Gasteiger partial charge in [0.25, 0.3) is 0 Å². The van der Waals surface area contributed by atoms with Gasteiger partial charge in [-0.1, -0.05) is 125 Å². The molecule has 0 aliphatic heterocycles. The zero-order valence-electron chi connectivity index (χ0n) is 30.6. The molecule has 2 aromatic rings. The zero-order chi connectivity index (χ0) is 33.6. The Hall–Kier alpha value is -2.62. The predicted octanol–water partition coefficient (Wildman–Crippen LogP) is 10.6. The van der Waals surface area contributed by atoms with Crippen molar-refractivity contribution < 1.29 is 19.1 Å². The minimum Gasteiger partial charge on any atom is -0.426 e. The van der Waals surface area contributed by atoms with Gasteiger partial charge >= 0.3 is 11.9 Å². The fourth-order valence-corrected chi connectivity index (χ4v) is 5.55. The Morgan fingerprint density at radius 1 is 0.636 bits per heavy atom. The van der Waals surface area contributed by atoms with Crippen LogP contribution in [0.2, 0.25) is 0 Å². The van der Waals surface area contributed by atoms with Crippen molar-refractivity contribution in [1.82, 2.24) is 0 Å². The molecule has 0 spiro atoms. The van der Waals surface area contributed by atoms with Crippen molar-refractivity contribution >= 4 is 11.9 Å². The second-order valence-electron chi connectivity index (χ2n) is 17.6. The Labute approximate surface area is 268 Å². The topological polar surface area (TPSA) is 52.6 Å². The van der Waals surface area contributed by atoms with E-state index in [1.165, 1.54) is 11.1 Å². The average Bonchev–Trinajstić information content (AvgIpc) is 3.77. The van der Waals surface area contributed by atoms with E-state index in [1.54, 1.807) is 0 Å². The summed E-state index contributed by atoms with van der Waals surface area (Å²) >= 11 is 0. The van der Waals surface area contributed by atoms with Crippen molar-refractivity contribution in [2.45, 2.75) is 158 Å². The molecule has 2 aliphatic rings. The Morgan fingerprint density at radius 2 is 0.955 bits per heavy atom. The lowest BCUT2D eigenvalue weighted by molar-refractivity contribution is -0.140. The molecule has 2 aromatic carbocycles. The fourth-order valence-electron chi connectivity index (χ4n) is 5.55. The molecule has 0 amide bonds. The summed E-state index contributed by atoms with van der Waals surface area (Å²) < 4.78 is 11.9. The van der Waals surface area contributed by atoms with Gasteiger partial charge in [0.1, 0.15) is 11.5 Å². The molecule has 0 heterocycles. The van der Waals surface area contributed by atoms with E-state index in [-0.39, 0.29) is 44.9 Å². The number of carbonyl (C=O) groups is 2. The maximum atomic E-state index is 12.7. The van der Waals surface area contributed by atoms with Crippen molar-refractivity contribution in [3.05, 3.63) is 57.6 Å². The quantitative estimate of drug-likeness (QED) is 0.252. The predicted molar refractivity (Wildman–Crippen MR) is 183 cm³/mol.